The van der Waals surface area contributed by atoms with Crippen molar-refractivity contribution < 1.29 is 4.73 Å². The minimum Gasteiger partial charge on any atom is -0.619 e. The van der Waals surface area contributed by atoms with Crippen LogP contribution in [0.3, 0.4) is 0 Å². The highest BCUT2D eigenvalue weighted by molar-refractivity contribution is 5.26. The second-order valence-electron chi connectivity index (χ2n) is 6.17. The van der Waals surface area contributed by atoms with Gasteiger partial charge in [-0.3, -0.25) is 0 Å². The maximum absolute atomic E-state index is 11.5. The van der Waals surface area contributed by atoms with Crippen LogP contribution in [-0.2, 0) is 10.8 Å². The van der Waals surface area contributed by atoms with Crippen LogP contribution >= 0.6 is 0 Å². The van der Waals surface area contributed by atoms with Crippen LogP contribution in [0.5, 0.6) is 0 Å². The molecule has 0 aliphatic carbocycles. The van der Waals surface area contributed by atoms with Crippen LogP contribution in [0.1, 0.15) is 52.7 Å². The van der Waals surface area contributed by atoms with E-state index in [1.54, 1.807) is 12.4 Å². The molecule has 0 saturated carbocycles. The van der Waals surface area contributed by atoms with E-state index >= 15 is 0 Å². The third kappa shape index (κ3) is 2.95. The summed E-state index contributed by atoms with van der Waals surface area (Å²) in [5, 5.41) is 11.5. The Morgan fingerprint density at radius 3 is 1.47 bits per heavy atom. The minimum absolute atomic E-state index is 0.0212. The third-order valence-corrected chi connectivity index (χ3v) is 2.58. The molecule has 1 aromatic heterocycles. The van der Waals surface area contributed by atoms with Crippen molar-refractivity contribution in [3.63, 3.8) is 0 Å². The highest BCUT2D eigenvalue weighted by atomic mass is 16.5. The van der Waals surface area contributed by atoms with Crippen LogP contribution in [0.15, 0.2) is 18.5 Å². The van der Waals surface area contributed by atoms with Gasteiger partial charge in [0.25, 0.3) is 0 Å². The van der Waals surface area contributed by atoms with Crippen molar-refractivity contribution in [1.82, 2.24) is 0 Å². The summed E-state index contributed by atoms with van der Waals surface area (Å²) in [7, 11) is 0. The van der Waals surface area contributed by atoms with E-state index in [-0.39, 0.29) is 10.8 Å². The first kappa shape index (κ1) is 12.0. The van der Waals surface area contributed by atoms with Crippen LogP contribution in [-0.4, -0.2) is 0 Å². The van der Waals surface area contributed by atoms with Gasteiger partial charge in [0, 0.05) is 11.1 Å². The van der Waals surface area contributed by atoms with E-state index in [1.807, 2.05) is 0 Å². The number of rotatable bonds is 0. The molecule has 1 aromatic rings. The summed E-state index contributed by atoms with van der Waals surface area (Å²) in [5.41, 5.74) is 2.22. The summed E-state index contributed by atoms with van der Waals surface area (Å²) < 4.78 is 0.918. The SMILES string of the molecule is CC(C)(C)c1cc(C(C)(C)C)c[n+]([O-])c1. The molecule has 2 heteroatoms. The molecule has 1 rings (SSSR count). The Labute approximate surface area is 92.5 Å². The molecular formula is C13H21NO. The van der Waals surface area contributed by atoms with E-state index in [0.717, 1.165) is 15.9 Å². The average Bonchev–Trinajstić information content (AvgIpc) is 1.99. The summed E-state index contributed by atoms with van der Waals surface area (Å²) >= 11 is 0. The zero-order chi connectivity index (χ0) is 11.9. The van der Waals surface area contributed by atoms with Crippen molar-refractivity contribution in [3.05, 3.63) is 34.8 Å². The molecule has 0 saturated heterocycles. The van der Waals surface area contributed by atoms with Gasteiger partial charge in [-0.1, -0.05) is 41.5 Å². The largest absolute Gasteiger partial charge is 0.619 e. The molecule has 0 fully saturated rings. The van der Waals surface area contributed by atoms with Crippen molar-refractivity contribution in [1.29, 1.82) is 0 Å². The smallest absolute Gasteiger partial charge is 0.184 e. The van der Waals surface area contributed by atoms with Gasteiger partial charge < -0.3 is 5.21 Å². The van der Waals surface area contributed by atoms with Crippen LogP contribution in [0.25, 0.3) is 0 Å². The van der Waals surface area contributed by atoms with Gasteiger partial charge in [0.1, 0.15) is 0 Å². The van der Waals surface area contributed by atoms with Crippen molar-refractivity contribution in [3.8, 4) is 0 Å². The van der Waals surface area contributed by atoms with Crippen molar-refractivity contribution in [2.45, 2.75) is 52.4 Å². The standard InChI is InChI=1S/C13H21NO/c1-12(2,3)10-7-11(13(4,5)6)9-14(15)8-10/h7-9H,1-6H3. The normalized spacial score (nSPS) is 12.9. The molecule has 0 aliphatic rings. The second-order valence-corrected chi connectivity index (χ2v) is 6.17. The molecule has 15 heavy (non-hydrogen) atoms. The van der Waals surface area contributed by atoms with Crippen molar-refractivity contribution in [2.24, 2.45) is 0 Å². The zero-order valence-electron chi connectivity index (χ0n) is 10.6. The van der Waals surface area contributed by atoms with Gasteiger partial charge in [0.05, 0.1) is 0 Å². The van der Waals surface area contributed by atoms with Crippen molar-refractivity contribution in [2.75, 3.05) is 0 Å². The first-order chi connectivity index (χ1) is 6.60. The Morgan fingerprint density at radius 1 is 0.867 bits per heavy atom. The summed E-state index contributed by atoms with van der Waals surface area (Å²) in [5.74, 6) is 0. The lowest BCUT2D eigenvalue weighted by Gasteiger charge is -2.23. The van der Waals surface area contributed by atoms with E-state index < -0.39 is 0 Å². The molecule has 0 unspecified atom stereocenters. The fourth-order valence-corrected chi connectivity index (χ4v) is 1.37. The second kappa shape index (κ2) is 3.51. The predicted octanol–water partition coefficient (Wildman–Crippen LogP) is 2.92. The maximum Gasteiger partial charge on any atom is 0.184 e. The zero-order valence-corrected chi connectivity index (χ0v) is 10.6. The number of hydrogen-bond donors (Lipinski definition) is 0. The molecule has 0 N–H and O–H groups in total. The minimum atomic E-state index is 0.0212. The highest BCUT2D eigenvalue weighted by Gasteiger charge is 2.22. The Hall–Kier alpha value is -1.05. The molecule has 0 aromatic carbocycles. The molecule has 0 aliphatic heterocycles. The first-order valence-electron chi connectivity index (χ1n) is 5.35. The monoisotopic (exact) mass is 207 g/mol. The Bertz CT molecular complexity index is 324. The number of hydrogen-bond acceptors (Lipinski definition) is 1. The van der Waals surface area contributed by atoms with E-state index in [4.69, 9.17) is 0 Å². The van der Waals surface area contributed by atoms with Crippen LogP contribution < -0.4 is 4.73 Å². The van der Waals surface area contributed by atoms with Gasteiger partial charge in [0.2, 0.25) is 0 Å². The fourth-order valence-electron chi connectivity index (χ4n) is 1.37. The lowest BCUT2D eigenvalue weighted by Crippen LogP contribution is -2.31. The Balaban J connectivity index is 3.30. The molecule has 2 nitrogen and oxygen atoms in total. The van der Waals surface area contributed by atoms with Gasteiger partial charge in [-0.2, -0.15) is 4.73 Å². The molecule has 0 amide bonds. The summed E-state index contributed by atoms with van der Waals surface area (Å²) in [6, 6.07) is 2.13. The number of aromatic nitrogens is 1. The molecule has 1 heterocycles. The van der Waals surface area contributed by atoms with Crippen molar-refractivity contribution >= 4 is 0 Å². The van der Waals surface area contributed by atoms with Crippen LogP contribution in [0, 0.1) is 5.21 Å². The predicted molar refractivity (Wildman–Crippen MR) is 62.8 cm³/mol. The number of nitrogens with zero attached hydrogens (tertiary/aromatic N) is 1. The fraction of sp³-hybridized carbons (Fsp3) is 0.615. The van der Waals surface area contributed by atoms with E-state index in [0.29, 0.717) is 0 Å². The van der Waals surface area contributed by atoms with E-state index in [2.05, 4.69) is 47.6 Å². The maximum atomic E-state index is 11.5. The average molecular weight is 207 g/mol. The summed E-state index contributed by atoms with van der Waals surface area (Å²) in [4.78, 5) is 0. The van der Waals surface area contributed by atoms with Gasteiger partial charge in [0.15, 0.2) is 12.4 Å². The van der Waals surface area contributed by atoms with Crippen LogP contribution in [0.4, 0.5) is 0 Å². The lowest BCUT2D eigenvalue weighted by atomic mass is 9.82. The third-order valence-electron chi connectivity index (χ3n) is 2.58. The highest BCUT2D eigenvalue weighted by Crippen LogP contribution is 2.26. The molecule has 84 valence electrons. The quantitative estimate of drug-likeness (QED) is 0.474. The Morgan fingerprint density at radius 2 is 1.20 bits per heavy atom. The summed E-state index contributed by atoms with van der Waals surface area (Å²) in [6.07, 6.45) is 3.32. The topological polar surface area (TPSA) is 26.9 Å². The Kier molecular flexibility index (Phi) is 2.81. The first-order valence-corrected chi connectivity index (χ1v) is 5.35. The van der Waals surface area contributed by atoms with E-state index in [1.165, 1.54) is 0 Å². The lowest BCUT2D eigenvalue weighted by molar-refractivity contribution is -0.606. The molecule has 0 atom stereocenters. The molecule has 0 spiro atoms. The van der Waals surface area contributed by atoms with Gasteiger partial charge in [-0.15, -0.1) is 0 Å². The number of pyridine rings is 1. The molecule has 0 bridgehead atoms. The van der Waals surface area contributed by atoms with Crippen LogP contribution in [0.2, 0.25) is 0 Å². The van der Waals surface area contributed by atoms with E-state index in [9.17, 15) is 5.21 Å². The van der Waals surface area contributed by atoms with Gasteiger partial charge in [-0.05, 0) is 16.9 Å². The molecule has 0 radical (unpaired) electrons. The van der Waals surface area contributed by atoms with Gasteiger partial charge >= 0.3 is 0 Å². The van der Waals surface area contributed by atoms with Gasteiger partial charge in [-0.25, -0.2) is 0 Å². The molecular weight excluding hydrogens is 186 g/mol. The summed E-state index contributed by atoms with van der Waals surface area (Å²) in [6.45, 7) is 12.7.